The van der Waals surface area contributed by atoms with Gasteiger partial charge in [-0.05, 0) is 12.8 Å². The van der Waals surface area contributed by atoms with E-state index >= 15 is 0 Å². The number of amides is 2. The van der Waals surface area contributed by atoms with Crippen LogP contribution in [0.1, 0.15) is 25.7 Å². The predicted octanol–water partition coefficient (Wildman–Crippen LogP) is 1.35. The van der Waals surface area contributed by atoms with E-state index in [-0.39, 0.29) is 11.8 Å². The molecule has 19 heavy (non-hydrogen) atoms. The van der Waals surface area contributed by atoms with E-state index in [1.54, 1.807) is 0 Å². The first-order chi connectivity index (χ1) is 9.22. The summed E-state index contributed by atoms with van der Waals surface area (Å²) in [7, 11) is 0. The van der Waals surface area contributed by atoms with Gasteiger partial charge in [-0.3, -0.25) is 14.5 Å². The molecule has 6 nitrogen and oxygen atoms in total. The summed E-state index contributed by atoms with van der Waals surface area (Å²) in [6.45, 7) is 0.466. The van der Waals surface area contributed by atoms with Crippen molar-refractivity contribution in [2.24, 2.45) is 0 Å². The average molecular weight is 298 g/mol. The number of carbonyl (C=O) groups is 2. The molecule has 1 saturated heterocycles. The maximum absolute atomic E-state index is 11.4. The van der Waals surface area contributed by atoms with Crippen LogP contribution in [-0.2, 0) is 9.59 Å². The summed E-state index contributed by atoms with van der Waals surface area (Å²) >= 11 is 3.07. The SMILES string of the molecule is O=C1CCC(=O)N1CCSc1nnc(NC2CC2)s1. The Balaban J connectivity index is 1.45. The van der Waals surface area contributed by atoms with Gasteiger partial charge in [0.25, 0.3) is 0 Å². The van der Waals surface area contributed by atoms with Gasteiger partial charge >= 0.3 is 0 Å². The number of carbonyl (C=O) groups excluding carboxylic acids is 2. The van der Waals surface area contributed by atoms with Crippen molar-refractivity contribution in [2.75, 3.05) is 17.6 Å². The molecule has 1 aliphatic heterocycles. The van der Waals surface area contributed by atoms with Gasteiger partial charge < -0.3 is 5.32 Å². The van der Waals surface area contributed by atoms with Gasteiger partial charge in [0.15, 0.2) is 4.34 Å². The van der Waals surface area contributed by atoms with E-state index in [1.807, 2.05) is 0 Å². The molecule has 2 fully saturated rings. The fraction of sp³-hybridized carbons (Fsp3) is 0.636. The fourth-order valence-electron chi connectivity index (χ4n) is 1.83. The normalized spacial score (nSPS) is 19.3. The maximum Gasteiger partial charge on any atom is 0.229 e. The maximum atomic E-state index is 11.4. The van der Waals surface area contributed by atoms with Gasteiger partial charge in [0.2, 0.25) is 16.9 Å². The van der Waals surface area contributed by atoms with E-state index in [0.717, 1.165) is 9.47 Å². The molecule has 0 bridgehead atoms. The largest absolute Gasteiger partial charge is 0.357 e. The summed E-state index contributed by atoms with van der Waals surface area (Å²) in [6, 6.07) is 0.575. The zero-order valence-electron chi connectivity index (χ0n) is 10.3. The molecule has 1 aliphatic carbocycles. The Bertz CT molecular complexity index is 485. The molecule has 2 aliphatic rings. The molecule has 0 spiro atoms. The Hall–Kier alpha value is -1.15. The third kappa shape index (κ3) is 3.24. The number of imide groups is 1. The summed E-state index contributed by atoms with van der Waals surface area (Å²) in [5.41, 5.74) is 0. The molecular formula is C11H14N4O2S2. The Morgan fingerprint density at radius 1 is 1.26 bits per heavy atom. The number of aromatic nitrogens is 2. The van der Waals surface area contributed by atoms with Crippen LogP contribution >= 0.6 is 23.1 Å². The minimum atomic E-state index is -0.0565. The monoisotopic (exact) mass is 298 g/mol. The second kappa shape index (κ2) is 5.46. The lowest BCUT2D eigenvalue weighted by molar-refractivity contribution is -0.137. The Morgan fingerprint density at radius 2 is 2.00 bits per heavy atom. The molecule has 1 aromatic heterocycles. The molecule has 1 N–H and O–H groups in total. The Kier molecular flexibility index (Phi) is 3.69. The molecule has 2 amide bonds. The lowest BCUT2D eigenvalue weighted by Gasteiger charge is -2.11. The molecule has 0 atom stereocenters. The van der Waals surface area contributed by atoms with Crippen LogP contribution in [0.25, 0.3) is 0 Å². The number of hydrogen-bond donors (Lipinski definition) is 1. The molecule has 0 aromatic carbocycles. The van der Waals surface area contributed by atoms with E-state index in [2.05, 4.69) is 15.5 Å². The molecule has 1 aromatic rings. The molecule has 2 heterocycles. The molecular weight excluding hydrogens is 284 g/mol. The summed E-state index contributed by atoms with van der Waals surface area (Å²) in [5, 5.41) is 12.3. The number of anilines is 1. The van der Waals surface area contributed by atoms with Crippen molar-refractivity contribution in [3.63, 3.8) is 0 Å². The molecule has 0 unspecified atom stereocenters. The second-order valence-corrected chi connectivity index (χ2v) is 6.90. The number of thioether (sulfide) groups is 1. The van der Waals surface area contributed by atoms with Crippen molar-refractivity contribution in [1.29, 1.82) is 0 Å². The summed E-state index contributed by atoms with van der Waals surface area (Å²) < 4.78 is 0.877. The number of hydrogen-bond acceptors (Lipinski definition) is 7. The van der Waals surface area contributed by atoms with Crippen LogP contribution in [0.5, 0.6) is 0 Å². The van der Waals surface area contributed by atoms with Crippen LogP contribution < -0.4 is 5.32 Å². The topological polar surface area (TPSA) is 75.2 Å². The highest BCUT2D eigenvalue weighted by Gasteiger charge is 2.28. The van der Waals surface area contributed by atoms with Gasteiger partial charge in [-0.15, -0.1) is 10.2 Å². The van der Waals surface area contributed by atoms with Gasteiger partial charge in [-0.1, -0.05) is 23.1 Å². The van der Waals surface area contributed by atoms with Gasteiger partial charge in [0.1, 0.15) is 0 Å². The number of nitrogens with zero attached hydrogens (tertiary/aromatic N) is 3. The van der Waals surface area contributed by atoms with E-state index in [9.17, 15) is 9.59 Å². The third-order valence-electron chi connectivity index (χ3n) is 3.01. The quantitative estimate of drug-likeness (QED) is 0.631. The first kappa shape index (κ1) is 12.9. The number of nitrogens with one attached hydrogen (secondary N) is 1. The fourth-order valence-corrected chi connectivity index (χ4v) is 3.65. The summed E-state index contributed by atoms with van der Waals surface area (Å²) in [5.74, 6) is 0.563. The van der Waals surface area contributed by atoms with Gasteiger partial charge in [0, 0.05) is 31.2 Å². The first-order valence-electron chi connectivity index (χ1n) is 6.28. The van der Waals surface area contributed by atoms with Crippen molar-refractivity contribution >= 4 is 40.0 Å². The van der Waals surface area contributed by atoms with Crippen LogP contribution in [0.3, 0.4) is 0 Å². The third-order valence-corrected chi connectivity index (χ3v) is 4.97. The number of likely N-dealkylation sites (tertiary alicyclic amines) is 1. The van der Waals surface area contributed by atoms with Crippen molar-refractivity contribution < 1.29 is 9.59 Å². The predicted molar refractivity (Wildman–Crippen MR) is 73.2 cm³/mol. The highest BCUT2D eigenvalue weighted by Crippen LogP contribution is 2.30. The van der Waals surface area contributed by atoms with E-state index < -0.39 is 0 Å². The van der Waals surface area contributed by atoms with E-state index in [1.165, 1.54) is 40.8 Å². The minimum absolute atomic E-state index is 0.0565. The van der Waals surface area contributed by atoms with E-state index in [0.29, 0.717) is 31.2 Å². The van der Waals surface area contributed by atoms with Crippen molar-refractivity contribution in [1.82, 2.24) is 15.1 Å². The summed E-state index contributed by atoms with van der Waals surface area (Å²) in [6.07, 6.45) is 3.14. The van der Waals surface area contributed by atoms with Crippen LogP contribution in [-0.4, -0.2) is 45.3 Å². The van der Waals surface area contributed by atoms with Crippen LogP contribution in [0, 0.1) is 0 Å². The highest BCUT2D eigenvalue weighted by molar-refractivity contribution is 8.01. The zero-order valence-corrected chi connectivity index (χ0v) is 11.9. The lowest BCUT2D eigenvalue weighted by Crippen LogP contribution is -2.31. The van der Waals surface area contributed by atoms with Crippen molar-refractivity contribution in [3.05, 3.63) is 0 Å². The molecule has 8 heteroatoms. The van der Waals surface area contributed by atoms with E-state index in [4.69, 9.17) is 0 Å². The summed E-state index contributed by atoms with van der Waals surface area (Å²) in [4.78, 5) is 24.2. The highest BCUT2D eigenvalue weighted by atomic mass is 32.2. The Labute approximate surface area is 119 Å². The van der Waals surface area contributed by atoms with Gasteiger partial charge in [0.05, 0.1) is 0 Å². The minimum Gasteiger partial charge on any atom is -0.357 e. The van der Waals surface area contributed by atoms with Crippen LogP contribution in [0.15, 0.2) is 4.34 Å². The lowest BCUT2D eigenvalue weighted by atomic mass is 10.4. The van der Waals surface area contributed by atoms with Crippen molar-refractivity contribution in [3.8, 4) is 0 Å². The second-order valence-electron chi connectivity index (χ2n) is 4.58. The molecule has 3 rings (SSSR count). The van der Waals surface area contributed by atoms with Gasteiger partial charge in [-0.2, -0.15) is 0 Å². The van der Waals surface area contributed by atoms with Crippen molar-refractivity contribution in [2.45, 2.75) is 36.1 Å². The molecule has 0 radical (unpaired) electrons. The van der Waals surface area contributed by atoms with Crippen LogP contribution in [0.2, 0.25) is 0 Å². The number of rotatable bonds is 6. The average Bonchev–Trinajstić information content (AvgIpc) is 3.00. The smallest absolute Gasteiger partial charge is 0.229 e. The molecule has 1 saturated carbocycles. The zero-order chi connectivity index (χ0) is 13.2. The Morgan fingerprint density at radius 3 is 2.68 bits per heavy atom. The first-order valence-corrected chi connectivity index (χ1v) is 8.08. The van der Waals surface area contributed by atoms with Crippen LogP contribution in [0.4, 0.5) is 5.13 Å². The van der Waals surface area contributed by atoms with Gasteiger partial charge in [-0.25, -0.2) is 0 Å². The molecule has 102 valence electrons. The standard InChI is InChI=1S/C11H14N4O2S2/c16-8-3-4-9(17)15(8)5-6-18-11-14-13-10(19-11)12-7-1-2-7/h7H,1-6H2,(H,12,13).